The first-order valence-electron chi connectivity index (χ1n) is 6.52. The molecule has 1 saturated carbocycles. The summed E-state index contributed by atoms with van der Waals surface area (Å²) in [6.07, 6.45) is 1.04. The van der Waals surface area contributed by atoms with E-state index in [1.807, 2.05) is 0 Å². The van der Waals surface area contributed by atoms with Crippen LogP contribution in [0.4, 0.5) is 13.2 Å². The summed E-state index contributed by atoms with van der Waals surface area (Å²) in [5, 5.41) is 0. The van der Waals surface area contributed by atoms with Crippen molar-refractivity contribution in [2.24, 2.45) is 5.92 Å². The first kappa shape index (κ1) is 16.0. The SMILES string of the molecule is CO[Si](CC(C)C(F)(F)F)(OC)C1CCCCC1. The Hall–Kier alpha value is -0.0731. The maximum atomic E-state index is 12.7. The molecule has 0 heterocycles. The fourth-order valence-electron chi connectivity index (χ4n) is 2.83. The van der Waals surface area contributed by atoms with Gasteiger partial charge in [0.1, 0.15) is 0 Å². The first-order valence-corrected chi connectivity index (χ1v) is 8.63. The van der Waals surface area contributed by atoms with Crippen molar-refractivity contribution in [2.75, 3.05) is 14.2 Å². The maximum absolute atomic E-state index is 12.7. The topological polar surface area (TPSA) is 18.5 Å². The van der Waals surface area contributed by atoms with Gasteiger partial charge in [-0.15, -0.1) is 0 Å². The summed E-state index contributed by atoms with van der Waals surface area (Å²) in [5.41, 5.74) is 0.200. The average Bonchev–Trinajstić information content (AvgIpc) is 2.35. The van der Waals surface area contributed by atoms with Gasteiger partial charge in [-0.3, -0.25) is 0 Å². The summed E-state index contributed by atoms with van der Waals surface area (Å²) in [6, 6.07) is 0.00810. The van der Waals surface area contributed by atoms with Crippen LogP contribution in [0, 0.1) is 5.92 Å². The number of rotatable bonds is 5. The Morgan fingerprint density at radius 3 is 2.00 bits per heavy atom. The summed E-state index contributed by atoms with van der Waals surface area (Å²) in [6.45, 7) is 1.22. The predicted molar refractivity (Wildman–Crippen MR) is 66.6 cm³/mol. The molecule has 0 spiro atoms. The Morgan fingerprint density at radius 2 is 1.61 bits per heavy atom. The fourth-order valence-corrected chi connectivity index (χ4v) is 6.71. The molecule has 0 aromatic heterocycles. The minimum atomic E-state index is -4.16. The van der Waals surface area contributed by atoms with Gasteiger partial charge in [-0.25, -0.2) is 0 Å². The van der Waals surface area contributed by atoms with Gasteiger partial charge < -0.3 is 8.85 Å². The molecule has 0 N–H and O–H groups in total. The van der Waals surface area contributed by atoms with Crippen LogP contribution in [-0.4, -0.2) is 29.0 Å². The molecule has 0 bridgehead atoms. The van der Waals surface area contributed by atoms with Crippen LogP contribution in [0.3, 0.4) is 0 Å². The van der Waals surface area contributed by atoms with Crippen molar-refractivity contribution in [3.8, 4) is 0 Å². The van der Waals surface area contributed by atoms with Crippen molar-refractivity contribution in [3.05, 3.63) is 0 Å². The standard InChI is InChI=1S/C12H23F3O2Si/c1-10(12(13,14)15)9-18(16-2,17-3)11-7-5-4-6-8-11/h10-11H,4-9H2,1-3H3. The third-order valence-electron chi connectivity index (χ3n) is 4.07. The van der Waals surface area contributed by atoms with Crippen LogP contribution >= 0.6 is 0 Å². The second kappa shape index (κ2) is 6.39. The van der Waals surface area contributed by atoms with Crippen molar-refractivity contribution in [1.29, 1.82) is 0 Å². The lowest BCUT2D eigenvalue weighted by Crippen LogP contribution is -2.48. The first-order chi connectivity index (χ1) is 8.35. The smallest absolute Gasteiger partial charge is 0.391 e. The van der Waals surface area contributed by atoms with Crippen LogP contribution in [0.1, 0.15) is 39.0 Å². The molecule has 0 radical (unpaired) electrons. The van der Waals surface area contributed by atoms with Gasteiger partial charge in [0.25, 0.3) is 0 Å². The van der Waals surface area contributed by atoms with Crippen LogP contribution in [0.25, 0.3) is 0 Å². The predicted octanol–water partition coefficient (Wildman–Crippen LogP) is 4.25. The van der Waals surface area contributed by atoms with E-state index in [4.69, 9.17) is 8.85 Å². The maximum Gasteiger partial charge on any atom is 0.391 e. The van der Waals surface area contributed by atoms with E-state index in [0.717, 1.165) is 25.7 Å². The van der Waals surface area contributed by atoms with Crippen LogP contribution in [0.5, 0.6) is 0 Å². The second-order valence-corrected chi connectivity index (χ2v) is 8.87. The molecule has 6 heteroatoms. The quantitative estimate of drug-likeness (QED) is 0.702. The van der Waals surface area contributed by atoms with Crippen LogP contribution in [-0.2, 0) is 8.85 Å². The molecule has 0 saturated heterocycles. The molecule has 1 aliphatic carbocycles. The zero-order valence-corrected chi connectivity index (χ0v) is 12.3. The van der Waals surface area contributed by atoms with Gasteiger partial charge in [0, 0.05) is 25.8 Å². The third-order valence-corrected chi connectivity index (χ3v) is 8.45. The molecule has 1 fully saturated rings. The molecule has 1 atom stereocenters. The van der Waals surface area contributed by atoms with Crippen molar-refractivity contribution in [1.82, 2.24) is 0 Å². The highest BCUT2D eigenvalue weighted by Gasteiger charge is 2.50. The molecule has 0 aromatic carbocycles. The highest BCUT2D eigenvalue weighted by atomic mass is 28.4. The van der Waals surface area contributed by atoms with E-state index in [1.165, 1.54) is 27.6 Å². The number of hydrogen-bond acceptors (Lipinski definition) is 2. The molecule has 1 aliphatic rings. The molecular weight excluding hydrogens is 261 g/mol. The normalized spacial score (nSPS) is 21.0. The Balaban J connectivity index is 2.78. The molecule has 18 heavy (non-hydrogen) atoms. The lowest BCUT2D eigenvalue weighted by Gasteiger charge is -2.39. The van der Waals surface area contributed by atoms with E-state index in [1.54, 1.807) is 0 Å². The van der Waals surface area contributed by atoms with Gasteiger partial charge in [0.2, 0.25) is 0 Å². The summed E-state index contributed by atoms with van der Waals surface area (Å²) < 4.78 is 49.2. The number of hydrogen-bond donors (Lipinski definition) is 0. The van der Waals surface area contributed by atoms with E-state index in [9.17, 15) is 13.2 Å². The Bertz CT molecular complexity index is 248. The zero-order valence-electron chi connectivity index (χ0n) is 11.3. The number of alkyl halides is 3. The van der Waals surface area contributed by atoms with Crippen molar-refractivity contribution < 1.29 is 22.0 Å². The van der Waals surface area contributed by atoms with Crippen molar-refractivity contribution in [2.45, 2.75) is 56.8 Å². The van der Waals surface area contributed by atoms with Crippen molar-refractivity contribution >= 4 is 8.56 Å². The molecule has 0 aromatic rings. The molecule has 0 aliphatic heterocycles. The van der Waals surface area contributed by atoms with Crippen LogP contribution < -0.4 is 0 Å². The minimum absolute atomic E-state index is 0.00810. The fraction of sp³-hybridized carbons (Fsp3) is 1.00. The van der Waals surface area contributed by atoms with Gasteiger partial charge in [-0.1, -0.05) is 26.2 Å². The highest BCUT2D eigenvalue weighted by molar-refractivity contribution is 6.69. The molecular formula is C12H23F3O2Si. The minimum Gasteiger partial charge on any atom is -0.397 e. The average molecular weight is 284 g/mol. The van der Waals surface area contributed by atoms with Gasteiger partial charge in [0.05, 0.1) is 5.92 Å². The van der Waals surface area contributed by atoms with E-state index in [-0.39, 0.29) is 11.6 Å². The Morgan fingerprint density at radius 1 is 1.11 bits per heavy atom. The summed E-state index contributed by atoms with van der Waals surface area (Å²) >= 11 is 0. The van der Waals surface area contributed by atoms with Gasteiger partial charge >= 0.3 is 14.7 Å². The Kier molecular flexibility index (Phi) is 5.67. The summed E-state index contributed by atoms with van der Waals surface area (Å²) in [7, 11) is 0.279. The molecule has 1 rings (SSSR count). The lowest BCUT2D eigenvalue weighted by atomic mass is 10.0. The van der Waals surface area contributed by atoms with Crippen LogP contribution in [0.15, 0.2) is 0 Å². The highest BCUT2D eigenvalue weighted by Crippen LogP contribution is 2.43. The van der Waals surface area contributed by atoms with Gasteiger partial charge in [0.15, 0.2) is 0 Å². The summed E-state index contributed by atoms with van der Waals surface area (Å²) in [5.74, 6) is -1.36. The van der Waals surface area contributed by atoms with E-state index >= 15 is 0 Å². The van der Waals surface area contributed by atoms with Gasteiger partial charge in [-0.2, -0.15) is 13.2 Å². The van der Waals surface area contributed by atoms with E-state index < -0.39 is 20.7 Å². The molecule has 108 valence electrons. The Labute approximate surface area is 108 Å². The van der Waals surface area contributed by atoms with Crippen LogP contribution in [0.2, 0.25) is 11.6 Å². The largest absolute Gasteiger partial charge is 0.397 e. The van der Waals surface area contributed by atoms with Gasteiger partial charge in [-0.05, 0) is 12.8 Å². The monoisotopic (exact) mass is 284 g/mol. The second-order valence-electron chi connectivity index (χ2n) is 5.20. The molecule has 2 nitrogen and oxygen atoms in total. The van der Waals surface area contributed by atoms with E-state index in [0.29, 0.717) is 0 Å². The molecule has 0 amide bonds. The number of halogens is 3. The lowest BCUT2D eigenvalue weighted by molar-refractivity contribution is -0.166. The molecule has 1 unspecified atom stereocenters. The zero-order chi connectivity index (χ0) is 13.8. The van der Waals surface area contributed by atoms with E-state index in [2.05, 4.69) is 0 Å². The third kappa shape index (κ3) is 3.71. The van der Waals surface area contributed by atoms with Crippen molar-refractivity contribution in [3.63, 3.8) is 0 Å². The summed E-state index contributed by atoms with van der Waals surface area (Å²) in [4.78, 5) is 0.